The second-order valence-corrected chi connectivity index (χ2v) is 6.49. The van der Waals surface area contributed by atoms with Crippen molar-refractivity contribution in [2.45, 2.75) is 25.8 Å². The van der Waals surface area contributed by atoms with Crippen molar-refractivity contribution in [2.75, 3.05) is 20.1 Å². The first-order chi connectivity index (χ1) is 10.1. The number of likely N-dealkylation sites (tertiary alicyclic amines) is 1. The summed E-state index contributed by atoms with van der Waals surface area (Å²) in [5, 5.41) is 4.25. The van der Waals surface area contributed by atoms with Gasteiger partial charge in [0.25, 0.3) is 5.91 Å². The van der Waals surface area contributed by atoms with E-state index in [0.717, 1.165) is 46.9 Å². The minimum absolute atomic E-state index is 0.000211. The maximum absolute atomic E-state index is 12.7. The predicted molar refractivity (Wildman–Crippen MR) is 86.6 cm³/mol. The zero-order valence-corrected chi connectivity index (χ0v) is 13.9. The predicted octanol–water partition coefficient (Wildman–Crippen LogP) is 3.33. The molecule has 5 heteroatoms. The molecule has 3 rings (SSSR count). The van der Waals surface area contributed by atoms with Crippen LogP contribution >= 0.6 is 15.9 Å². The minimum Gasteiger partial charge on any atom is -0.451 e. The molecule has 1 aliphatic rings. The zero-order valence-electron chi connectivity index (χ0n) is 12.3. The molecule has 0 spiro atoms. The highest BCUT2D eigenvalue weighted by molar-refractivity contribution is 9.10. The van der Waals surface area contributed by atoms with E-state index in [2.05, 4.69) is 21.2 Å². The Morgan fingerprint density at radius 2 is 2.29 bits per heavy atom. The van der Waals surface area contributed by atoms with E-state index in [1.807, 2.05) is 37.1 Å². The molecule has 1 amide bonds. The fraction of sp³-hybridized carbons (Fsp3) is 0.438. The molecule has 1 aromatic heterocycles. The summed E-state index contributed by atoms with van der Waals surface area (Å²) in [6, 6.07) is 6.20. The van der Waals surface area contributed by atoms with Gasteiger partial charge in [-0.05, 0) is 45.0 Å². The minimum atomic E-state index is -0.000211. The van der Waals surface area contributed by atoms with Gasteiger partial charge in [0.1, 0.15) is 5.58 Å². The standard InChI is InChI=1S/C16H19BrN2O2/c1-10-13-8-11(17)5-6-14(13)21-15(10)16(20)19-7-3-4-12(9-19)18-2/h5-6,8,12,18H,3-4,7,9H2,1-2H3. The number of fused-ring (bicyclic) bond motifs is 1. The maximum Gasteiger partial charge on any atom is 0.289 e. The molecule has 1 atom stereocenters. The van der Waals surface area contributed by atoms with Crippen LogP contribution in [-0.4, -0.2) is 37.0 Å². The molecule has 1 fully saturated rings. The highest BCUT2D eigenvalue weighted by Gasteiger charge is 2.27. The fourth-order valence-electron chi connectivity index (χ4n) is 2.94. The van der Waals surface area contributed by atoms with E-state index in [4.69, 9.17) is 4.42 Å². The van der Waals surface area contributed by atoms with E-state index in [0.29, 0.717) is 11.8 Å². The number of rotatable bonds is 2. The SMILES string of the molecule is CNC1CCCN(C(=O)c2oc3ccc(Br)cc3c2C)C1. The van der Waals surface area contributed by atoms with Crippen molar-refractivity contribution in [3.8, 4) is 0 Å². The van der Waals surface area contributed by atoms with Gasteiger partial charge in [-0.25, -0.2) is 0 Å². The molecule has 112 valence electrons. The number of amides is 1. The number of aryl methyl sites for hydroxylation is 1. The summed E-state index contributed by atoms with van der Waals surface area (Å²) < 4.78 is 6.80. The summed E-state index contributed by atoms with van der Waals surface area (Å²) in [5.41, 5.74) is 1.68. The lowest BCUT2D eigenvalue weighted by Crippen LogP contribution is -2.47. The molecule has 0 aliphatic carbocycles. The molecule has 0 saturated carbocycles. The van der Waals surface area contributed by atoms with Crippen LogP contribution in [0.2, 0.25) is 0 Å². The van der Waals surface area contributed by atoms with Gasteiger partial charge in [0.05, 0.1) is 0 Å². The zero-order chi connectivity index (χ0) is 15.0. The Labute approximate surface area is 132 Å². The quantitative estimate of drug-likeness (QED) is 0.903. The van der Waals surface area contributed by atoms with E-state index >= 15 is 0 Å². The normalized spacial score (nSPS) is 19.2. The van der Waals surface area contributed by atoms with Crippen LogP contribution < -0.4 is 5.32 Å². The first kappa shape index (κ1) is 14.6. The lowest BCUT2D eigenvalue weighted by atomic mass is 10.0. The molecular formula is C16H19BrN2O2. The van der Waals surface area contributed by atoms with Crippen LogP contribution in [0, 0.1) is 6.92 Å². The molecule has 0 bridgehead atoms. The lowest BCUT2D eigenvalue weighted by Gasteiger charge is -2.32. The van der Waals surface area contributed by atoms with Gasteiger partial charge < -0.3 is 14.6 Å². The highest BCUT2D eigenvalue weighted by Crippen LogP contribution is 2.29. The number of nitrogens with one attached hydrogen (secondary N) is 1. The molecule has 2 heterocycles. The first-order valence-corrected chi connectivity index (χ1v) is 8.04. The summed E-state index contributed by atoms with van der Waals surface area (Å²) in [6.07, 6.45) is 2.15. The second kappa shape index (κ2) is 5.81. The monoisotopic (exact) mass is 350 g/mol. The third-order valence-electron chi connectivity index (χ3n) is 4.21. The number of benzene rings is 1. The number of nitrogens with zero attached hydrogens (tertiary/aromatic N) is 1. The molecule has 0 radical (unpaired) electrons. The van der Waals surface area contributed by atoms with Crippen LogP contribution in [0.25, 0.3) is 11.0 Å². The number of hydrogen-bond donors (Lipinski definition) is 1. The Morgan fingerprint density at radius 3 is 3.05 bits per heavy atom. The van der Waals surface area contributed by atoms with E-state index in [1.165, 1.54) is 0 Å². The van der Waals surface area contributed by atoms with Crippen molar-refractivity contribution in [1.29, 1.82) is 0 Å². The number of carbonyl (C=O) groups excluding carboxylic acids is 1. The Balaban J connectivity index is 1.92. The summed E-state index contributed by atoms with van der Waals surface area (Å²) in [7, 11) is 1.95. The van der Waals surface area contributed by atoms with Crippen LogP contribution in [0.5, 0.6) is 0 Å². The van der Waals surface area contributed by atoms with Crippen molar-refractivity contribution in [3.63, 3.8) is 0 Å². The summed E-state index contributed by atoms with van der Waals surface area (Å²) in [4.78, 5) is 14.6. The Morgan fingerprint density at radius 1 is 1.48 bits per heavy atom. The molecule has 1 saturated heterocycles. The third-order valence-corrected chi connectivity index (χ3v) is 4.70. The topological polar surface area (TPSA) is 45.5 Å². The molecular weight excluding hydrogens is 332 g/mol. The Bertz CT molecular complexity index is 680. The van der Waals surface area contributed by atoms with Crippen LogP contribution in [0.1, 0.15) is 29.0 Å². The van der Waals surface area contributed by atoms with Crippen LogP contribution in [0.4, 0.5) is 0 Å². The van der Waals surface area contributed by atoms with Gasteiger partial charge in [0.2, 0.25) is 0 Å². The van der Waals surface area contributed by atoms with Gasteiger partial charge in [0.15, 0.2) is 5.76 Å². The largest absolute Gasteiger partial charge is 0.451 e. The highest BCUT2D eigenvalue weighted by atomic mass is 79.9. The number of piperidine rings is 1. The molecule has 21 heavy (non-hydrogen) atoms. The summed E-state index contributed by atoms with van der Waals surface area (Å²) in [5.74, 6) is 0.472. The lowest BCUT2D eigenvalue weighted by molar-refractivity contribution is 0.0667. The second-order valence-electron chi connectivity index (χ2n) is 5.58. The molecule has 2 aromatic rings. The average molecular weight is 351 g/mol. The maximum atomic E-state index is 12.7. The van der Waals surface area contributed by atoms with Gasteiger partial charge in [-0.2, -0.15) is 0 Å². The molecule has 1 unspecified atom stereocenters. The van der Waals surface area contributed by atoms with Gasteiger partial charge >= 0.3 is 0 Å². The van der Waals surface area contributed by atoms with Gasteiger partial charge in [-0.3, -0.25) is 4.79 Å². The molecule has 4 nitrogen and oxygen atoms in total. The third kappa shape index (κ3) is 2.72. The van der Waals surface area contributed by atoms with Gasteiger partial charge in [0, 0.05) is 34.6 Å². The molecule has 1 aliphatic heterocycles. The van der Waals surface area contributed by atoms with E-state index in [1.54, 1.807) is 0 Å². The van der Waals surface area contributed by atoms with Crippen molar-refractivity contribution in [2.24, 2.45) is 0 Å². The van der Waals surface area contributed by atoms with Crippen LogP contribution in [0.3, 0.4) is 0 Å². The van der Waals surface area contributed by atoms with Crippen molar-refractivity contribution in [3.05, 3.63) is 34.0 Å². The number of carbonyl (C=O) groups is 1. The molecule has 1 aromatic carbocycles. The van der Waals surface area contributed by atoms with Crippen LogP contribution in [0.15, 0.2) is 27.1 Å². The van der Waals surface area contributed by atoms with Crippen LogP contribution in [-0.2, 0) is 0 Å². The summed E-state index contributed by atoms with van der Waals surface area (Å²) in [6.45, 7) is 3.50. The summed E-state index contributed by atoms with van der Waals surface area (Å²) >= 11 is 3.46. The molecule has 1 N–H and O–H groups in total. The fourth-order valence-corrected chi connectivity index (χ4v) is 3.30. The van der Waals surface area contributed by atoms with Crippen molar-refractivity contribution >= 4 is 32.8 Å². The number of hydrogen-bond acceptors (Lipinski definition) is 3. The number of furan rings is 1. The van der Waals surface area contributed by atoms with Crippen molar-refractivity contribution < 1.29 is 9.21 Å². The van der Waals surface area contributed by atoms with E-state index in [9.17, 15) is 4.79 Å². The van der Waals surface area contributed by atoms with Gasteiger partial charge in [-0.15, -0.1) is 0 Å². The van der Waals surface area contributed by atoms with Crippen molar-refractivity contribution in [1.82, 2.24) is 10.2 Å². The van der Waals surface area contributed by atoms with E-state index < -0.39 is 0 Å². The Kier molecular flexibility index (Phi) is 4.04. The van der Waals surface area contributed by atoms with Gasteiger partial charge in [-0.1, -0.05) is 15.9 Å². The Hall–Kier alpha value is -1.33. The first-order valence-electron chi connectivity index (χ1n) is 7.25. The smallest absolute Gasteiger partial charge is 0.289 e. The average Bonchev–Trinajstić information content (AvgIpc) is 2.83. The van der Waals surface area contributed by atoms with E-state index in [-0.39, 0.29) is 5.91 Å². The number of likely N-dealkylation sites (N-methyl/N-ethyl adjacent to an activating group) is 1. The number of halogens is 1.